The molecule has 0 N–H and O–H groups in total. The lowest BCUT2D eigenvalue weighted by Gasteiger charge is -2.38. The van der Waals surface area contributed by atoms with Crippen LogP contribution in [0.2, 0.25) is 0 Å². The number of amides is 2. The number of likely N-dealkylation sites (tertiary alicyclic amines) is 1. The molecule has 178 valence electrons. The van der Waals surface area contributed by atoms with E-state index in [1.807, 2.05) is 66.1 Å². The number of carbonyl (C=O) groups is 2. The van der Waals surface area contributed by atoms with Gasteiger partial charge in [-0.15, -0.1) is 0 Å². The predicted molar refractivity (Wildman–Crippen MR) is 133 cm³/mol. The molecule has 7 nitrogen and oxygen atoms in total. The van der Waals surface area contributed by atoms with Crippen molar-refractivity contribution in [3.8, 4) is 0 Å². The molecule has 1 saturated heterocycles. The topological polar surface area (TPSA) is 75.5 Å². The molecule has 1 aliphatic heterocycles. The average molecular weight is 461 g/mol. The molecule has 0 bridgehead atoms. The van der Waals surface area contributed by atoms with Crippen LogP contribution in [0.1, 0.15) is 66.9 Å². The van der Waals surface area contributed by atoms with Gasteiger partial charge in [-0.2, -0.15) is 5.10 Å². The van der Waals surface area contributed by atoms with Gasteiger partial charge >= 0.3 is 0 Å². The summed E-state index contributed by atoms with van der Waals surface area (Å²) in [4.78, 5) is 43.3. The number of rotatable bonds is 6. The molecule has 1 aliphatic rings. The zero-order chi connectivity index (χ0) is 24.2. The lowest BCUT2D eigenvalue weighted by Crippen LogP contribution is -2.49. The highest BCUT2D eigenvalue weighted by Crippen LogP contribution is 2.23. The van der Waals surface area contributed by atoms with E-state index < -0.39 is 0 Å². The van der Waals surface area contributed by atoms with Crippen molar-refractivity contribution >= 4 is 22.6 Å². The third-order valence-electron chi connectivity index (χ3n) is 6.46. The van der Waals surface area contributed by atoms with E-state index in [1.54, 1.807) is 12.1 Å². The Morgan fingerprint density at radius 1 is 1.00 bits per heavy atom. The summed E-state index contributed by atoms with van der Waals surface area (Å²) in [5.41, 5.74) is 0.825. The molecule has 4 rings (SSSR count). The van der Waals surface area contributed by atoms with Crippen molar-refractivity contribution in [1.29, 1.82) is 0 Å². The molecule has 2 aromatic carbocycles. The van der Waals surface area contributed by atoms with Crippen molar-refractivity contribution < 1.29 is 9.59 Å². The van der Waals surface area contributed by atoms with Crippen LogP contribution in [0.25, 0.3) is 10.8 Å². The molecule has 3 aromatic rings. The highest BCUT2D eigenvalue weighted by Gasteiger charge is 2.32. The molecule has 34 heavy (non-hydrogen) atoms. The maximum absolute atomic E-state index is 13.8. The summed E-state index contributed by atoms with van der Waals surface area (Å²) in [6.07, 6.45) is 2.24. The van der Waals surface area contributed by atoms with Gasteiger partial charge in [-0.3, -0.25) is 14.4 Å². The van der Waals surface area contributed by atoms with E-state index in [4.69, 9.17) is 0 Å². The van der Waals surface area contributed by atoms with Gasteiger partial charge in [0, 0.05) is 36.6 Å². The van der Waals surface area contributed by atoms with Crippen LogP contribution in [-0.4, -0.2) is 57.1 Å². The van der Waals surface area contributed by atoms with Crippen molar-refractivity contribution in [3.63, 3.8) is 0 Å². The molecule has 0 spiro atoms. The van der Waals surface area contributed by atoms with Gasteiger partial charge in [-0.1, -0.05) is 43.3 Å². The highest BCUT2D eigenvalue weighted by molar-refractivity contribution is 6.05. The van der Waals surface area contributed by atoms with E-state index in [9.17, 15) is 14.4 Å². The first-order chi connectivity index (χ1) is 16.4. The molecular weight excluding hydrogens is 428 g/mol. The maximum Gasteiger partial charge on any atom is 0.275 e. The van der Waals surface area contributed by atoms with Crippen LogP contribution in [0.3, 0.4) is 0 Å². The molecule has 0 aliphatic carbocycles. The molecule has 2 amide bonds. The number of benzene rings is 2. The first-order valence-electron chi connectivity index (χ1n) is 12.1. The van der Waals surface area contributed by atoms with Gasteiger partial charge in [0.25, 0.3) is 17.4 Å². The Kier molecular flexibility index (Phi) is 7.10. The second kappa shape index (κ2) is 10.2. The minimum Gasteiger partial charge on any atom is -0.338 e. The number of piperidine rings is 1. The van der Waals surface area contributed by atoms with Gasteiger partial charge in [0.05, 0.1) is 11.4 Å². The fraction of sp³-hybridized carbons (Fsp3) is 0.407. The standard InChI is InChI=1S/C27H32N4O3/c1-4-16-30(21-14-17-29(18-15-21)25(32)20-10-6-5-7-11-20)27(34)24-22-12-8-9-13-23(22)26(33)31(28-24)19(2)3/h5-13,19,21H,4,14-18H2,1-3H3. The number of aromatic nitrogens is 2. The minimum atomic E-state index is -0.183. The number of fused-ring (bicyclic) bond motifs is 1. The molecule has 0 unspecified atom stereocenters. The Bertz CT molecular complexity index is 1230. The normalized spacial score (nSPS) is 14.5. The third kappa shape index (κ3) is 4.60. The van der Waals surface area contributed by atoms with Gasteiger partial charge < -0.3 is 9.80 Å². The SMILES string of the molecule is CCCN(C(=O)c1nn(C(C)C)c(=O)c2ccccc12)C1CCN(C(=O)c2ccccc2)CC1. The van der Waals surface area contributed by atoms with Gasteiger partial charge in [0.15, 0.2) is 5.69 Å². The summed E-state index contributed by atoms with van der Waals surface area (Å²) >= 11 is 0. The Morgan fingerprint density at radius 3 is 2.24 bits per heavy atom. The number of hydrogen-bond acceptors (Lipinski definition) is 4. The summed E-state index contributed by atoms with van der Waals surface area (Å²) in [7, 11) is 0. The van der Waals surface area contributed by atoms with Crippen molar-refractivity contribution in [2.24, 2.45) is 0 Å². The van der Waals surface area contributed by atoms with Crippen LogP contribution >= 0.6 is 0 Å². The van der Waals surface area contributed by atoms with Crippen molar-refractivity contribution in [1.82, 2.24) is 19.6 Å². The maximum atomic E-state index is 13.8. The summed E-state index contributed by atoms with van der Waals surface area (Å²) in [6.45, 7) is 7.64. The fourth-order valence-corrected chi connectivity index (χ4v) is 4.69. The van der Waals surface area contributed by atoms with E-state index in [-0.39, 0.29) is 29.5 Å². The second-order valence-electron chi connectivity index (χ2n) is 9.13. The Labute approximate surface area is 200 Å². The monoisotopic (exact) mass is 460 g/mol. The Morgan fingerprint density at radius 2 is 1.62 bits per heavy atom. The zero-order valence-corrected chi connectivity index (χ0v) is 20.1. The van der Waals surface area contributed by atoms with E-state index in [0.717, 1.165) is 6.42 Å². The van der Waals surface area contributed by atoms with E-state index in [1.165, 1.54) is 4.68 Å². The van der Waals surface area contributed by atoms with Crippen LogP contribution in [-0.2, 0) is 0 Å². The molecular formula is C27H32N4O3. The van der Waals surface area contributed by atoms with Crippen LogP contribution in [0.5, 0.6) is 0 Å². The van der Waals surface area contributed by atoms with Gasteiger partial charge in [-0.05, 0) is 51.3 Å². The van der Waals surface area contributed by atoms with Gasteiger partial charge in [0.1, 0.15) is 0 Å². The second-order valence-corrected chi connectivity index (χ2v) is 9.13. The smallest absolute Gasteiger partial charge is 0.275 e. The summed E-state index contributed by atoms with van der Waals surface area (Å²) in [5, 5.41) is 5.63. The van der Waals surface area contributed by atoms with E-state index >= 15 is 0 Å². The molecule has 0 atom stereocenters. The van der Waals surface area contributed by atoms with Crippen molar-refractivity contribution in [3.05, 3.63) is 76.2 Å². The Hall–Kier alpha value is -3.48. The summed E-state index contributed by atoms with van der Waals surface area (Å²) in [5.74, 6) is -0.121. The minimum absolute atomic E-state index is 0.0206. The van der Waals surface area contributed by atoms with Crippen LogP contribution in [0, 0.1) is 0 Å². The lowest BCUT2D eigenvalue weighted by atomic mass is 10.0. The van der Waals surface area contributed by atoms with Crippen LogP contribution < -0.4 is 5.56 Å². The zero-order valence-electron chi connectivity index (χ0n) is 20.1. The molecule has 0 radical (unpaired) electrons. The summed E-state index contributed by atoms with van der Waals surface area (Å²) < 4.78 is 1.40. The Balaban J connectivity index is 1.60. The lowest BCUT2D eigenvalue weighted by molar-refractivity contribution is 0.0515. The number of nitrogens with zero attached hydrogens (tertiary/aromatic N) is 4. The molecule has 0 saturated carbocycles. The number of hydrogen-bond donors (Lipinski definition) is 0. The highest BCUT2D eigenvalue weighted by atomic mass is 16.2. The molecule has 2 heterocycles. The van der Waals surface area contributed by atoms with Crippen LogP contribution in [0.4, 0.5) is 0 Å². The van der Waals surface area contributed by atoms with Gasteiger partial charge in [-0.25, -0.2) is 4.68 Å². The van der Waals surface area contributed by atoms with E-state index in [0.29, 0.717) is 54.5 Å². The van der Waals surface area contributed by atoms with E-state index in [2.05, 4.69) is 12.0 Å². The van der Waals surface area contributed by atoms with Gasteiger partial charge in [0.2, 0.25) is 0 Å². The first-order valence-corrected chi connectivity index (χ1v) is 12.1. The molecule has 1 aromatic heterocycles. The first kappa shape index (κ1) is 23.7. The summed E-state index contributed by atoms with van der Waals surface area (Å²) in [6, 6.07) is 16.4. The van der Waals surface area contributed by atoms with Crippen LogP contribution in [0.15, 0.2) is 59.4 Å². The van der Waals surface area contributed by atoms with Crippen molar-refractivity contribution in [2.45, 2.75) is 52.1 Å². The molecule has 1 fully saturated rings. The van der Waals surface area contributed by atoms with Crippen molar-refractivity contribution in [2.75, 3.05) is 19.6 Å². The third-order valence-corrected chi connectivity index (χ3v) is 6.46. The largest absolute Gasteiger partial charge is 0.338 e. The average Bonchev–Trinajstić information content (AvgIpc) is 2.87. The number of carbonyl (C=O) groups excluding carboxylic acids is 2. The molecule has 7 heteroatoms. The quantitative estimate of drug-likeness (QED) is 0.554. The predicted octanol–water partition coefficient (Wildman–Crippen LogP) is 4.13. The fourth-order valence-electron chi connectivity index (χ4n) is 4.69.